The van der Waals surface area contributed by atoms with Crippen molar-refractivity contribution in [2.24, 2.45) is 11.8 Å². The van der Waals surface area contributed by atoms with Crippen LogP contribution in [0.1, 0.15) is 5.56 Å². The lowest BCUT2D eigenvalue weighted by Crippen LogP contribution is -2.36. The molecule has 0 radical (unpaired) electrons. The molecule has 3 aromatic carbocycles. The van der Waals surface area contributed by atoms with Crippen LogP contribution in [0, 0.1) is 11.8 Å². The number of nitrogens with one attached hydrogen (secondary N) is 1. The number of para-hydroxylation sites is 1. The topological polar surface area (TPSA) is 61.6 Å². The molecule has 2 aliphatic rings. The summed E-state index contributed by atoms with van der Waals surface area (Å²) < 4.78 is 5.29. The Kier molecular flexibility index (Phi) is 4.39. The first-order valence-electron chi connectivity index (χ1n) is 10.8. The van der Waals surface area contributed by atoms with Crippen molar-refractivity contribution in [1.29, 1.82) is 0 Å². The van der Waals surface area contributed by atoms with Gasteiger partial charge in [0.1, 0.15) is 0 Å². The monoisotopic (exact) mass is 412 g/mol. The molecule has 0 saturated carbocycles. The van der Waals surface area contributed by atoms with Gasteiger partial charge in [-0.05, 0) is 46.4 Å². The fourth-order valence-corrected chi connectivity index (χ4v) is 5.14. The van der Waals surface area contributed by atoms with Gasteiger partial charge in [-0.2, -0.15) is 0 Å². The van der Waals surface area contributed by atoms with E-state index in [0.29, 0.717) is 23.2 Å². The molecule has 0 bridgehead atoms. The van der Waals surface area contributed by atoms with E-state index in [1.165, 1.54) is 16.3 Å². The first kappa shape index (κ1) is 18.4. The lowest BCUT2D eigenvalue weighted by Gasteiger charge is -2.21. The highest BCUT2D eigenvalue weighted by Crippen LogP contribution is 2.33. The number of carbonyl (C=O) groups excluding carboxylic acids is 1. The number of hydrogen-bond acceptors (Lipinski definition) is 4. The Morgan fingerprint density at radius 1 is 0.935 bits per heavy atom. The highest BCUT2D eigenvalue weighted by molar-refractivity contribution is 5.98. The molecule has 1 aromatic heterocycles. The van der Waals surface area contributed by atoms with Gasteiger partial charge in [0.05, 0.1) is 5.39 Å². The van der Waals surface area contributed by atoms with Gasteiger partial charge in [-0.1, -0.05) is 53.7 Å². The number of likely N-dealkylation sites (tertiary alicyclic amines) is 2. The van der Waals surface area contributed by atoms with Gasteiger partial charge >= 0.3 is 6.03 Å². The van der Waals surface area contributed by atoms with E-state index in [1.54, 1.807) is 0 Å². The van der Waals surface area contributed by atoms with Crippen LogP contribution in [0.2, 0.25) is 0 Å². The molecule has 6 heteroatoms. The number of nitrogens with zero attached hydrogens (tertiary/aromatic N) is 3. The number of aromatic nitrogens is 1. The highest BCUT2D eigenvalue weighted by Gasteiger charge is 2.41. The van der Waals surface area contributed by atoms with Gasteiger partial charge in [-0.15, -0.1) is 0 Å². The molecule has 2 fully saturated rings. The number of amides is 2. The Balaban J connectivity index is 1.08. The molecule has 2 unspecified atom stereocenters. The van der Waals surface area contributed by atoms with Crippen LogP contribution in [0.15, 0.2) is 71.3 Å². The van der Waals surface area contributed by atoms with Crippen molar-refractivity contribution >= 4 is 33.6 Å². The average Bonchev–Trinajstić information content (AvgIpc) is 3.47. The normalized spacial score (nSPS) is 21.1. The average molecular weight is 412 g/mol. The van der Waals surface area contributed by atoms with Gasteiger partial charge in [0, 0.05) is 32.7 Å². The van der Waals surface area contributed by atoms with Crippen molar-refractivity contribution in [3.05, 3.63) is 72.3 Å². The number of rotatable bonds is 3. The summed E-state index contributed by atoms with van der Waals surface area (Å²) in [6, 6.07) is 22.7. The summed E-state index contributed by atoms with van der Waals surface area (Å²) in [6.45, 7) is 4.62. The molecule has 31 heavy (non-hydrogen) atoms. The predicted molar refractivity (Wildman–Crippen MR) is 121 cm³/mol. The Hall–Kier alpha value is -3.38. The molecule has 0 aliphatic carbocycles. The second-order valence-electron chi connectivity index (χ2n) is 8.76. The van der Waals surface area contributed by atoms with E-state index < -0.39 is 0 Å². The van der Waals surface area contributed by atoms with Crippen LogP contribution < -0.4 is 5.32 Å². The van der Waals surface area contributed by atoms with E-state index in [2.05, 4.69) is 57.8 Å². The summed E-state index contributed by atoms with van der Waals surface area (Å²) >= 11 is 0. The second-order valence-corrected chi connectivity index (χ2v) is 8.76. The summed E-state index contributed by atoms with van der Waals surface area (Å²) in [7, 11) is 0. The number of anilines is 1. The van der Waals surface area contributed by atoms with Crippen molar-refractivity contribution in [3.8, 4) is 0 Å². The fourth-order valence-electron chi connectivity index (χ4n) is 5.14. The summed E-state index contributed by atoms with van der Waals surface area (Å²) in [4.78, 5) is 17.3. The highest BCUT2D eigenvalue weighted by atomic mass is 16.5. The molecule has 6 nitrogen and oxygen atoms in total. The third-order valence-electron chi connectivity index (χ3n) is 6.67. The van der Waals surface area contributed by atoms with Crippen LogP contribution in [-0.4, -0.2) is 47.2 Å². The zero-order chi connectivity index (χ0) is 20.8. The summed E-state index contributed by atoms with van der Waals surface area (Å²) in [5, 5.41) is 10.4. The van der Waals surface area contributed by atoms with Crippen LogP contribution in [0.25, 0.3) is 21.7 Å². The first-order valence-corrected chi connectivity index (χ1v) is 10.8. The van der Waals surface area contributed by atoms with Crippen LogP contribution >= 0.6 is 0 Å². The van der Waals surface area contributed by atoms with Gasteiger partial charge in [0.2, 0.25) is 0 Å². The summed E-state index contributed by atoms with van der Waals surface area (Å²) in [5.41, 5.74) is 2.03. The molecule has 156 valence electrons. The number of urea groups is 1. The van der Waals surface area contributed by atoms with Crippen molar-refractivity contribution in [1.82, 2.24) is 15.0 Å². The minimum atomic E-state index is -0.0884. The van der Waals surface area contributed by atoms with E-state index in [1.807, 2.05) is 29.2 Å². The number of carbonyl (C=O) groups is 1. The molecule has 4 aromatic rings. The number of fused-ring (bicyclic) bond motifs is 3. The quantitative estimate of drug-likeness (QED) is 0.535. The summed E-state index contributed by atoms with van der Waals surface area (Å²) in [6.07, 6.45) is 0. The van der Waals surface area contributed by atoms with Gasteiger partial charge in [-0.3, -0.25) is 10.2 Å². The van der Waals surface area contributed by atoms with Crippen molar-refractivity contribution in [2.75, 3.05) is 31.5 Å². The Morgan fingerprint density at radius 3 is 2.52 bits per heavy atom. The van der Waals surface area contributed by atoms with Gasteiger partial charge in [0.25, 0.3) is 0 Å². The van der Waals surface area contributed by atoms with Crippen LogP contribution in [0.3, 0.4) is 0 Å². The van der Waals surface area contributed by atoms with E-state index in [0.717, 1.165) is 38.1 Å². The SMILES string of the molecule is O=C(Nc1noc2ccccc12)N1CC2CN(Cc3ccc4ccccc4c3)CC2C1. The summed E-state index contributed by atoms with van der Waals surface area (Å²) in [5.74, 6) is 1.55. The van der Waals surface area contributed by atoms with Crippen molar-refractivity contribution in [2.45, 2.75) is 6.54 Å². The van der Waals surface area contributed by atoms with Gasteiger partial charge in [0.15, 0.2) is 11.4 Å². The predicted octanol–water partition coefficient (Wildman–Crippen LogP) is 4.58. The van der Waals surface area contributed by atoms with Gasteiger partial charge in [-0.25, -0.2) is 4.79 Å². The minimum absolute atomic E-state index is 0.0884. The molecular weight excluding hydrogens is 388 g/mol. The first-order chi connectivity index (χ1) is 15.2. The largest absolute Gasteiger partial charge is 0.354 e. The minimum Gasteiger partial charge on any atom is -0.354 e. The maximum Gasteiger partial charge on any atom is 0.323 e. The van der Waals surface area contributed by atoms with Gasteiger partial charge < -0.3 is 9.42 Å². The number of benzene rings is 3. The fraction of sp³-hybridized carbons (Fsp3) is 0.280. The zero-order valence-electron chi connectivity index (χ0n) is 17.2. The molecular formula is C25H24N4O2. The molecule has 2 saturated heterocycles. The molecule has 2 aliphatic heterocycles. The van der Waals surface area contributed by atoms with Crippen LogP contribution in [-0.2, 0) is 6.54 Å². The standard InChI is InChI=1S/C25H24N4O2/c30-25(26-24-22-7-3-4-8-23(22)31-27-24)29-15-20-13-28(14-21(20)16-29)12-17-9-10-18-5-1-2-6-19(18)11-17/h1-11,20-21H,12-16H2,(H,26,27,30). The molecule has 0 spiro atoms. The smallest absolute Gasteiger partial charge is 0.323 e. The lowest BCUT2D eigenvalue weighted by molar-refractivity contribution is 0.211. The third-order valence-corrected chi connectivity index (χ3v) is 6.67. The molecule has 6 rings (SSSR count). The molecule has 2 atom stereocenters. The van der Waals surface area contributed by atoms with E-state index in [4.69, 9.17) is 4.52 Å². The molecule has 1 N–H and O–H groups in total. The number of hydrogen-bond donors (Lipinski definition) is 1. The van der Waals surface area contributed by atoms with E-state index in [9.17, 15) is 4.79 Å². The Bertz CT molecular complexity index is 1250. The second kappa shape index (κ2) is 7.39. The Labute approximate surface area is 180 Å². The van der Waals surface area contributed by atoms with Crippen molar-refractivity contribution < 1.29 is 9.32 Å². The van der Waals surface area contributed by atoms with Crippen LogP contribution in [0.5, 0.6) is 0 Å². The lowest BCUT2D eigenvalue weighted by atomic mass is 10.0. The zero-order valence-corrected chi connectivity index (χ0v) is 17.2. The van der Waals surface area contributed by atoms with Crippen LogP contribution in [0.4, 0.5) is 10.6 Å². The Morgan fingerprint density at radius 2 is 1.68 bits per heavy atom. The molecule has 2 amide bonds. The molecule has 3 heterocycles. The van der Waals surface area contributed by atoms with E-state index >= 15 is 0 Å². The van der Waals surface area contributed by atoms with E-state index in [-0.39, 0.29) is 6.03 Å². The van der Waals surface area contributed by atoms with Crippen molar-refractivity contribution in [3.63, 3.8) is 0 Å². The third kappa shape index (κ3) is 3.43. The maximum absolute atomic E-state index is 12.8. The maximum atomic E-state index is 12.8.